The van der Waals surface area contributed by atoms with E-state index in [9.17, 15) is 19.7 Å². The van der Waals surface area contributed by atoms with E-state index in [0.717, 1.165) is 24.0 Å². The van der Waals surface area contributed by atoms with Crippen LogP contribution < -0.4 is 14.8 Å². The molecule has 1 fully saturated rings. The van der Waals surface area contributed by atoms with Crippen LogP contribution in [0.5, 0.6) is 11.5 Å². The van der Waals surface area contributed by atoms with Crippen LogP contribution in [0.4, 0.5) is 11.4 Å². The highest BCUT2D eigenvalue weighted by Gasteiger charge is 2.26. The molecular weight excluding hydrogens is 486 g/mol. The molecule has 1 saturated heterocycles. The Kier molecular flexibility index (Phi) is 8.25. The number of likely N-dealkylation sites (tertiary alicyclic amines) is 1. The largest absolute Gasteiger partial charge is 0.493 e. The van der Waals surface area contributed by atoms with Gasteiger partial charge in [0.25, 0.3) is 11.6 Å². The molecule has 1 aliphatic rings. The van der Waals surface area contributed by atoms with Crippen LogP contribution in [0.25, 0.3) is 0 Å². The summed E-state index contributed by atoms with van der Waals surface area (Å²) in [4.78, 5) is 38.0. The van der Waals surface area contributed by atoms with E-state index in [0.29, 0.717) is 47.3 Å². The number of nitro benzene ring substituents is 1. The number of piperidine rings is 1. The standard InChI is InChI=1S/C29H31N3O6/c1-19-15-26(37-2)27(38-3)18-25(19)29(34)31-13-11-22(12-14-31)21-7-9-23(10-8-21)30-28(33)17-20-5-4-6-24(16-20)32(35)36/h4-10,15-16,18,22H,11-14,17H2,1-3H3,(H,30,33). The first-order valence-electron chi connectivity index (χ1n) is 12.4. The molecule has 0 unspecified atom stereocenters. The predicted molar refractivity (Wildman–Crippen MR) is 144 cm³/mol. The Bertz CT molecular complexity index is 1330. The summed E-state index contributed by atoms with van der Waals surface area (Å²) in [5.41, 5.74) is 3.84. The number of aryl methyl sites for hydroxylation is 1. The lowest BCUT2D eigenvalue weighted by Crippen LogP contribution is -2.38. The van der Waals surface area contributed by atoms with Gasteiger partial charge in [0.2, 0.25) is 5.91 Å². The van der Waals surface area contributed by atoms with Crippen LogP contribution in [0.15, 0.2) is 60.7 Å². The number of carbonyl (C=O) groups excluding carboxylic acids is 2. The zero-order valence-electron chi connectivity index (χ0n) is 21.7. The molecule has 0 spiro atoms. The smallest absolute Gasteiger partial charge is 0.269 e. The van der Waals surface area contributed by atoms with Gasteiger partial charge in [-0.05, 0) is 66.6 Å². The molecule has 9 heteroatoms. The number of carbonyl (C=O) groups is 2. The lowest BCUT2D eigenvalue weighted by molar-refractivity contribution is -0.384. The third-order valence-electron chi connectivity index (χ3n) is 6.90. The second-order valence-electron chi connectivity index (χ2n) is 9.36. The number of hydrogen-bond acceptors (Lipinski definition) is 6. The molecule has 0 aromatic heterocycles. The van der Waals surface area contributed by atoms with Crippen molar-refractivity contribution < 1.29 is 24.0 Å². The minimum Gasteiger partial charge on any atom is -0.493 e. The molecule has 1 N–H and O–H groups in total. The minimum atomic E-state index is -0.474. The summed E-state index contributed by atoms with van der Waals surface area (Å²) in [5.74, 6) is 1.21. The van der Waals surface area contributed by atoms with Crippen LogP contribution in [0, 0.1) is 17.0 Å². The fourth-order valence-corrected chi connectivity index (χ4v) is 4.81. The van der Waals surface area contributed by atoms with Gasteiger partial charge in [0.05, 0.1) is 25.6 Å². The number of amides is 2. The molecule has 0 aliphatic carbocycles. The molecule has 0 atom stereocenters. The quantitative estimate of drug-likeness (QED) is 0.328. The molecule has 0 bridgehead atoms. The SMILES string of the molecule is COc1cc(C)c(C(=O)N2CCC(c3ccc(NC(=O)Cc4cccc([N+](=O)[O-])c4)cc3)CC2)cc1OC. The maximum Gasteiger partial charge on any atom is 0.269 e. The number of hydrogen-bond donors (Lipinski definition) is 1. The first-order chi connectivity index (χ1) is 18.3. The van der Waals surface area contributed by atoms with Crippen molar-refractivity contribution in [3.05, 3.63) is 93.0 Å². The Morgan fingerprint density at radius 1 is 1.00 bits per heavy atom. The summed E-state index contributed by atoms with van der Waals surface area (Å²) >= 11 is 0. The van der Waals surface area contributed by atoms with Crippen LogP contribution in [-0.2, 0) is 11.2 Å². The summed E-state index contributed by atoms with van der Waals surface area (Å²) in [7, 11) is 3.13. The molecule has 2 amide bonds. The van der Waals surface area contributed by atoms with Crippen LogP contribution in [0.1, 0.15) is 45.8 Å². The molecule has 4 rings (SSSR count). The van der Waals surface area contributed by atoms with Crippen molar-refractivity contribution in [2.45, 2.75) is 32.1 Å². The summed E-state index contributed by atoms with van der Waals surface area (Å²) < 4.78 is 10.7. The summed E-state index contributed by atoms with van der Waals surface area (Å²) in [6, 6.07) is 17.4. The molecule has 3 aromatic carbocycles. The van der Waals surface area contributed by atoms with Crippen molar-refractivity contribution in [1.82, 2.24) is 4.90 Å². The van der Waals surface area contributed by atoms with Gasteiger partial charge in [-0.15, -0.1) is 0 Å². The Hall–Kier alpha value is -4.40. The van der Waals surface area contributed by atoms with Gasteiger partial charge in [-0.25, -0.2) is 0 Å². The molecule has 0 saturated carbocycles. The predicted octanol–water partition coefficient (Wildman–Crippen LogP) is 5.12. The molecule has 198 valence electrons. The highest BCUT2D eigenvalue weighted by molar-refractivity contribution is 5.96. The Labute approximate surface area is 221 Å². The van der Waals surface area contributed by atoms with Crippen molar-refractivity contribution in [3.63, 3.8) is 0 Å². The van der Waals surface area contributed by atoms with Crippen LogP contribution in [0.2, 0.25) is 0 Å². The fourth-order valence-electron chi connectivity index (χ4n) is 4.81. The maximum absolute atomic E-state index is 13.2. The highest BCUT2D eigenvalue weighted by atomic mass is 16.6. The van der Waals surface area contributed by atoms with Crippen molar-refractivity contribution in [1.29, 1.82) is 0 Å². The Morgan fingerprint density at radius 3 is 2.29 bits per heavy atom. The normalized spacial score (nSPS) is 13.6. The van der Waals surface area contributed by atoms with Gasteiger partial charge in [-0.3, -0.25) is 19.7 Å². The lowest BCUT2D eigenvalue weighted by atomic mass is 9.89. The molecule has 1 aliphatic heterocycles. The third-order valence-corrected chi connectivity index (χ3v) is 6.90. The van der Waals surface area contributed by atoms with Gasteiger partial charge in [-0.1, -0.05) is 24.3 Å². The van der Waals surface area contributed by atoms with E-state index in [-0.39, 0.29) is 23.9 Å². The molecule has 9 nitrogen and oxygen atoms in total. The average molecular weight is 518 g/mol. The van der Waals surface area contributed by atoms with Gasteiger partial charge in [0.15, 0.2) is 11.5 Å². The van der Waals surface area contributed by atoms with Crippen LogP contribution in [-0.4, -0.2) is 48.9 Å². The lowest BCUT2D eigenvalue weighted by Gasteiger charge is -2.33. The van der Waals surface area contributed by atoms with Gasteiger partial charge in [0, 0.05) is 36.5 Å². The van der Waals surface area contributed by atoms with Crippen molar-refractivity contribution in [2.75, 3.05) is 32.6 Å². The van der Waals surface area contributed by atoms with Gasteiger partial charge < -0.3 is 19.7 Å². The molecular formula is C29H31N3O6. The minimum absolute atomic E-state index is 0.0105. The first kappa shape index (κ1) is 26.7. The van der Waals surface area contributed by atoms with E-state index in [1.165, 1.54) is 12.1 Å². The zero-order chi connectivity index (χ0) is 27.2. The zero-order valence-corrected chi connectivity index (χ0v) is 21.7. The van der Waals surface area contributed by atoms with Crippen molar-refractivity contribution in [2.24, 2.45) is 0 Å². The number of methoxy groups -OCH3 is 2. The molecule has 38 heavy (non-hydrogen) atoms. The Morgan fingerprint density at radius 2 is 1.66 bits per heavy atom. The average Bonchev–Trinajstić information content (AvgIpc) is 2.93. The first-order valence-corrected chi connectivity index (χ1v) is 12.4. The number of ether oxygens (including phenoxy) is 2. The number of nitrogens with one attached hydrogen (secondary N) is 1. The second kappa shape index (κ2) is 11.8. The monoisotopic (exact) mass is 517 g/mol. The summed E-state index contributed by atoms with van der Waals surface area (Å²) in [6.07, 6.45) is 1.74. The maximum atomic E-state index is 13.2. The van der Waals surface area contributed by atoms with E-state index in [1.54, 1.807) is 32.4 Å². The number of anilines is 1. The van der Waals surface area contributed by atoms with Crippen molar-refractivity contribution in [3.8, 4) is 11.5 Å². The molecule has 3 aromatic rings. The molecule has 1 heterocycles. The number of nitro groups is 1. The van der Waals surface area contributed by atoms with E-state index < -0.39 is 4.92 Å². The van der Waals surface area contributed by atoms with Crippen LogP contribution >= 0.6 is 0 Å². The van der Waals surface area contributed by atoms with E-state index >= 15 is 0 Å². The van der Waals surface area contributed by atoms with Crippen molar-refractivity contribution >= 4 is 23.2 Å². The van der Waals surface area contributed by atoms with E-state index in [4.69, 9.17) is 9.47 Å². The van der Waals surface area contributed by atoms with Gasteiger partial charge in [-0.2, -0.15) is 0 Å². The third kappa shape index (κ3) is 6.11. The highest BCUT2D eigenvalue weighted by Crippen LogP contribution is 2.33. The van der Waals surface area contributed by atoms with Gasteiger partial charge in [0.1, 0.15) is 0 Å². The Balaban J connectivity index is 1.32. The summed E-state index contributed by atoms with van der Waals surface area (Å²) in [6.45, 7) is 3.20. The van der Waals surface area contributed by atoms with Gasteiger partial charge >= 0.3 is 0 Å². The number of rotatable bonds is 8. The number of benzene rings is 3. The fraction of sp³-hybridized carbons (Fsp3) is 0.310. The number of non-ortho nitro benzene ring substituents is 1. The summed E-state index contributed by atoms with van der Waals surface area (Å²) in [5, 5.41) is 13.8. The van der Waals surface area contributed by atoms with Crippen LogP contribution in [0.3, 0.4) is 0 Å². The molecule has 0 radical (unpaired) electrons. The van der Waals surface area contributed by atoms with E-state index in [2.05, 4.69) is 5.32 Å². The van der Waals surface area contributed by atoms with E-state index in [1.807, 2.05) is 42.2 Å². The second-order valence-corrected chi connectivity index (χ2v) is 9.36. The number of nitrogens with zero attached hydrogens (tertiary/aromatic N) is 2. The topological polar surface area (TPSA) is 111 Å².